The lowest BCUT2D eigenvalue weighted by Gasteiger charge is -2.27. The first-order valence-electron chi connectivity index (χ1n) is 6.76. The molecule has 104 valence electrons. The van der Waals surface area contributed by atoms with Crippen LogP contribution in [0.5, 0.6) is 0 Å². The number of ether oxygens (including phenoxy) is 1. The van der Waals surface area contributed by atoms with Gasteiger partial charge in [-0.2, -0.15) is 0 Å². The quantitative estimate of drug-likeness (QED) is 0.870. The molecule has 0 spiro atoms. The molecule has 1 amide bonds. The van der Waals surface area contributed by atoms with E-state index in [2.05, 4.69) is 23.5 Å². The lowest BCUT2D eigenvalue weighted by Crippen LogP contribution is -2.29. The van der Waals surface area contributed by atoms with Crippen molar-refractivity contribution in [1.29, 1.82) is 0 Å². The summed E-state index contributed by atoms with van der Waals surface area (Å²) in [6.45, 7) is 2.07. The van der Waals surface area contributed by atoms with Crippen LogP contribution in [0.25, 0.3) is 0 Å². The summed E-state index contributed by atoms with van der Waals surface area (Å²) in [5.41, 5.74) is 9.67. The molecule has 0 heterocycles. The largest absolute Gasteiger partial charge is 0.383 e. The van der Waals surface area contributed by atoms with Crippen LogP contribution in [0, 0.1) is 0 Å². The SMILES string of the molecule is COCC(N)c1ccc2c(c1)C(NC(C)=O)CCC2. The smallest absolute Gasteiger partial charge is 0.217 e. The molecular weight excluding hydrogens is 240 g/mol. The van der Waals surface area contributed by atoms with Crippen LogP contribution >= 0.6 is 0 Å². The molecule has 0 fully saturated rings. The van der Waals surface area contributed by atoms with Gasteiger partial charge in [-0.25, -0.2) is 0 Å². The summed E-state index contributed by atoms with van der Waals surface area (Å²) < 4.78 is 5.10. The van der Waals surface area contributed by atoms with Crippen molar-refractivity contribution in [2.45, 2.75) is 38.3 Å². The van der Waals surface area contributed by atoms with E-state index < -0.39 is 0 Å². The Bertz CT molecular complexity index is 459. The minimum absolute atomic E-state index is 0.0180. The van der Waals surface area contributed by atoms with E-state index in [1.54, 1.807) is 14.0 Å². The summed E-state index contributed by atoms with van der Waals surface area (Å²) in [4.78, 5) is 11.3. The second-order valence-corrected chi connectivity index (χ2v) is 5.17. The normalized spacial score (nSPS) is 19.6. The summed E-state index contributed by atoms with van der Waals surface area (Å²) >= 11 is 0. The van der Waals surface area contributed by atoms with Crippen LogP contribution in [-0.4, -0.2) is 19.6 Å². The van der Waals surface area contributed by atoms with E-state index in [1.165, 1.54) is 11.1 Å². The molecule has 1 aromatic rings. The van der Waals surface area contributed by atoms with Crippen molar-refractivity contribution < 1.29 is 9.53 Å². The number of rotatable bonds is 4. The zero-order chi connectivity index (χ0) is 13.8. The van der Waals surface area contributed by atoms with E-state index in [4.69, 9.17) is 10.5 Å². The number of hydrogen-bond acceptors (Lipinski definition) is 3. The van der Waals surface area contributed by atoms with E-state index in [0.29, 0.717) is 6.61 Å². The Hall–Kier alpha value is -1.39. The molecule has 4 nitrogen and oxygen atoms in total. The third kappa shape index (κ3) is 3.33. The third-order valence-corrected chi connectivity index (χ3v) is 3.64. The van der Waals surface area contributed by atoms with Crippen molar-refractivity contribution in [2.75, 3.05) is 13.7 Å². The highest BCUT2D eigenvalue weighted by Crippen LogP contribution is 2.31. The van der Waals surface area contributed by atoms with Gasteiger partial charge in [0.2, 0.25) is 5.91 Å². The number of hydrogen-bond donors (Lipinski definition) is 2. The molecule has 2 atom stereocenters. The zero-order valence-electron chi connectivity index (χ0n) is 11.6. The highest BCUT2D eigenvalue weighted by Gasteiger charge is 2.22. The number of benzene rings is 1. The Morgan fingerprint density at radius 2 is 2.37 bits per heavy atom. The molecule has 0 aromatic heterocycles. The van der Waals surface area contributed by atoms with Gasteiger partial charge in [0.1, 0.15) is 0 Å². The Labute approximate surface area is 114 Å². The second-order valence-electron chi connectivity index (χ2n) is 5.17. The van der Waals surface area contributed by atoms with Crippen LogP contribution < -0.4 is 11.1 Å². The number of fused-ring (bicyclic) bond motifs is 1. The van der Waals surface area contributed by atoms with E-state index >= 15 is 0 Å². The molecule has 0 radical (unpaired) electrons. The topological polar surface area (TPSA) is 64.3 Å². The Balaban J connectivity index is 2.27. The highest BCUT2D eigenvalue weighted by atomic mass is 16.5. The van der Waals surface area contributed by atoms with Crippen molar-refractivity contribution >= 4 is 5.91 Å². The van der Waals surface area contributed by atoms with E-state index in [-0.39, 0.29) is 18.0 Å². The van der Waals surface area contributed by atoms with Gasteiger partial charge in [0, 0.05) is 14.0 Å². The predicted molar refractivity (Wildman–Crippen MR) is 74.7 cm³/mol. The van der Waals surface area contributed by atoms with Crippen LogP contribution in [0.1, 0.15) is 48.5 Å². The van der Waals surface area contributed by atoms with Crippen molar-refractivity contribution in [2.24, 2.45) is 5.73 Å². The molecule has 19 heavy (non-hydrogen) atoms. The molecule has 2 unspecified atom stereocenters. The molecule has 0 saturated carbocycles. The van der Waals surface area contributed by atoms with Gasteiger partial charge in [0.15, 0.2) is 0 Å². The van der Waals surface area contributed by atoms with Crippen molar-refractivity contribution in [1.82, 2.24) is 5.32 Å². The molecular formula is C15H22N2O2. The van der Waals surface area contributed by atoms with Gasteiger partial charge in [-0.1, -0.05) is 18.2 Å². The molecule has 0 saturated heterocycles. The minimum Gasteiger partial charge on any atom is -0.383 e. The summed E-state index contributed by atoms with van der Waals surface area (Å²) in [5, 5.41) is 3.03. The van der Waals surface area contributed by atoms with Crippen LogP contribution in [0.3, 0.4) is 0 Å². The number of amides is 1. The number of aryl methyl sites for hydroxylation is 1. The van der Waals surface area contributed by atoms with Crippen molar-refractivity contribution in [3.63, 3.8) is 0 Å². The fraction of sp³-hybridized carbons (Fsp3) is 0.533. The zero-order valence-corrected chi connectivity index (χ0v) is 11.6. The fourth-order valence-electron chi connectivity index (χ4n) is 2.72. The first kappa shape index (κ1) is 14.0. The molecule has 0 aliphatic heterocycles. The summed E-state index contributed by atoms with van der Waals surface area (Å²) in [5.74, 6) is 0.0180. The van der Waals surface area contributed by atoms with Gasteiger partial charge in [-0.05, 0) is 36.0 Å². The van der Waals surface area contributed by atoms with Crippen molar-refractivity contribution in [3.05, 3.63) is 34.9 Å². The van der Waals surface area contributed by atoms with Crippen LogP contribution in [0.4, 0.5) is 0 Å². The Morgan fingerprint density at radius 1 is 1.58 bits per heavy atom. The maximum absolute atomic E-state index is 11.3. The maximum Gasteiger partial charge on any atom is 0.217 e. The van der Waals surface area contributed by atoms with Crippen LogP contribution in [0.2, 0.25) is 0 Å². The van der Waals surface area contributed by atoms with Gasteiger partial charge in [-0.15, -0.1) is 0 Å². The van der Waals surface area contributed by atoms with Gasteiger partial charge < -0.3 is 15.8 Å². The van der Waals surface area contributed by atoms with E-state index in [0.717, 1.165) is 24.8 Å². The number of nitrogens with two attached hydrogens (primary N) is 1. The highest BCUT2D eigenvalue weighted by molar-refractivity contribution is 5.73. The average Bonchev–Trinajstić information content (AvgIpc) is 2.38. The molecule has 3 N–H and O–H groups in total. The average molecular weight is 262 g/mol. The molecule has 0 bridgehead atoms. The van der Waals surface area contributed by atoms with E-state index in [9.17, 15) is 4.79 Å². The van der Waals surface area contributed by atoms with E-state index in [1.807, 2.05) is 0 Å². The minimum atomic E-state index is -0.116. The molecule has 1 aliphatic carbocycles. The number of methoxy groups -OCH3 is 1. The standard InChI is InChI=1S/C15H22N2O2/c1-10(18)17-15-5-3-4-11-6-7-12(8-13(11)15)14(16)9-19-2/h6-8,14-15H,3-5,9,16H2,1-2H3,(H,17,18). The van der Waals surface area contributed by atoms with Gasteiger partial charge in [0.25, 0.3) is 0 Å². The second kappa shape index (κ2) is 6.17. The molecule has 1 aliphatic rings. The lowest BCUT2D eigenvalue weighted by molar-refractivity contribution is -0.119. The van der Waals surface area contributed by atoms with Crippen LogP contribution in [0.15, 0.2) is 18.2 Å². The molecule has 4 heteroatoms. The number of carbonyl (C=O) groups excluding carboxylic acids is 1. The number of nitrogens with one attached hydrogen (secondary N) is 1. The summed E-state index contributed by atoms with van der Waals surface area (Å²) in [6.07, 6.45) is 3.18. The van der Waals surface area contributed by atoms with Gasteiger partial charge in [0.05, 0.1) is 18.7 Å². The third-order valence-electron chi connectivity index (χ3n) is 3.64. The molecule has 1 aromatic carbocycles. The summed E-state index contributed by atoms with van der Waals surface area (Å²) in [7, 11) is 1.65. The maximum atomic E-state index is 11.3. The summed E-state index contributed by atoms with van der Waals surface area (Å²) in [6, 6.07) is 6.33. The van der Waals surface area contributed by atoms with Crippen LogP contribution in [-0.2, 0) is 16.0 Å². The Kier molecular flexibility index (Phi) is 4.56. The monoisotopic (exact) mass is 262 g/mol. The van der Waals surface area contributed by atoms with Gasteiger partial charge in [-0.3, -0.25) is 4.79 Å². The van der Waals surface area contributed by atoms with Crippen molar-refractivity contribution in [3.8, 4) is 0 Å². The lowest BCUT2D eigenvalue weighted by atomic mass is 9.85. The number of carbonyl (C=O) groups is 1. The first-order valence-corrected chi connectivity index (χ1v) is 6.76. The Morgan fingerprint density at radius 3 is 3.05 bits per heavy atom. The molecule has 2 rings (SSSR count). The first-order chi connectivity index (χ1) is 9.11. The van der Waals surface area contributed by atoms with Gasteiger partial charge >= 0.3 is 0 Å². The fourth-order valence-corrected chi connectivity index (χ4v) is 2.72. The predicted octanol–water partition coefficient (Wildman–Crippen LogP) is 1.85.